The summed E-state index contributed by atoms with van der Waals surface area (Å²) in [5.74, 6) is -1.21. The van der Waals surface area contributed by atoms with E-state index in [1.807, 2.05) is 13.0 Å². The van der Waals surface area contributed by atoms with Gasteiger partial charge in [0, 0.05) is 18.1 Å². The Hall–Kier alpha value is -2.43. The van der Waals surface area contributed by atoms with E-state index in [4.69, 9.17) is 5.11 Å². The van der Waals surface area contributed by atoms with Crippen molar-refractivity contribution in [2.45, 2.75) is 20.4 Å². The SMILES string of the molecule is Cc1cncc(Cn2c(C)ccc(C(=O)O)c2=O)c1. The molecule has 0 spiro atoms. The number of aryl methyl sites for hydroxylation is 2. The van der Waals surface area contributed by atoms with Crippen LogP contribution in [0.3, 0.4) is 0 Å². The van der Waals surface area contributed by atoms with Gasteiger partial charge in [0.05, 0.1) is 6.54 Å². The molecule has 2 heterocycles. The lowest BCUT2D eigenvalue weighted by atomic mass is 10.2. The van der Waals surface area contributed by atoms with E-state index in [-0.39, 0.29) is 5.56 Å². The van der Waals surface area contributed by atoms with Gasteiger partial charge in [0.2, 0.25) is 0 Å². The number of carboxylic acids is 1. The molecule has 5 nitrogen and oxygen atoms in total. The van der Waals surface area contributed by atoms with Crippen molar-refractivity contribution in [3.63, 3.8) is 0 Å². The zero-order valence-corrected chi connectivity index (χ0v) is 10.8. The van der Waals surface area contributed by atoms with Crippen LogP contribution in [-0.2, 0) is 6.54 Å². The van der Waals surface area contributed by atoms with E-state index in [1.165, 1.54) is 10.6 Å². The Balaban J connectivity index is 2.48. The second-order valence-electron chi connectivity index (χ2n) is 4.46. The maximum atomic E-state index is 12.1. The van der Waals surface area contributed by atoms with Gasteiger partial charge in [-0.1, -0.05) is 6.07 Å². The standard InChI is InChI=1S/C14H14N2O3/c1-9-5-11(7-15-6-9)8-16-10(2)3-4-12(13(16)17)14(18)19/h3-7H,8H2,1-2H3,(H,18,19). The number of carbonyl (C=O) groups is 1. The smallest absolute Gasteiger partial charge is 0.341 e. The summed E-state index contributed by atoms with van der Waals surface area (Å²) >= 11 is 0. The molecule has 0 fully saturated rings. The first-order chi connectivity index (χ1) is 8.99. The van der Waals surface area contributed by atoms with E-state index in [2.05, 4.69) is 4.98 Å². The van der Waals surface area contributed by atoms with Crippen LogP contribution in [0.25, 0.3) is 0 Å². The Morgan fingerprint density at radius 2 is 2.05 bits per heavy atom. The van der Waals surface area contributed by atoms with E-state index in [0.717, 1.165) is 16.8 Å². The van der Waals surface area contributed by atoms with Crippen LogP contribution in [0.4, 0.5) is 0 Å². The van der Waals surface area contributed by atoms with Crippen LogP contribution < -0.4 is 5.56 Å². The van der Waals surface area contributed by atoms with Crippen LogP contribution >= 0.6 is 0 Å². The molecule has 0 atom stereocenters. The molecule has 2 aromatic heterocycles. The molecule has 0 bridgehead atoms. The van der Waals surface area contributed by atoms with Gasteiger partial charge in [0.25, 0.3) is 5.56 Å². The first kappa shape index (κ1) is 13.0. The lowest BCUT2D eigenvalue weighted by Crippen LogP contribution is -2.28. The average Bonchev–Trinajstić information content (AvgIpc) is 2.34. The quantitative estimate of drug-likeness (QED) is 0.907. The van der Waals surface area contributed by atoms with Crippen LogP contribution in [0.2, 0.25) is 0 Å². The maximum absolute atomic E-state index is 12.1. The minimum absolute atomic E-state index is 0.216. The third-order valence-corrected chi connectivity index (χ3v) is 2.90. The number of hydrogen-bond acceptors (Lipinski definition) is 3. The molecule has 0 aliphatic heterocycles. The summed E-state index contributed by atoms with van der Waals surface area (Å²) in [5.41, 5.74) is 1.88. The number of aromatic nitrogens is 2. The predicted octanol–water partition coefficient (Wildman–Crippen LogP) is 1.61. The average molecular weight is 258 g/mol. The summed E-state index contributed by atoms with van der Waals surface area (Å²) in [4.78, 5) is 27.1. The van der Waals surface area contributed by atoms with Crippen LogP contribution in [0, 0.1) is 13.8 Å². The Bertz CT molecular complexity index is 689. The van der Waals surface area contributed by atoms with Crippen molar-refractivity contribution < 1.29 is 9.90 Å². The normalized spacial score (nSPS) is 10.4. The van der Waals surface area contributed by atoms with E-state index >= 15 is 0 Å². The number of rotatable bonds is 3. The fourth-order valence-corrected chi connectivity index (χ4v) is 1.92. The summed E-state index contributed by atoms with van der Waals surface area (Å²) in [5, 5.41) is 8.97. The molecule has 0 aliphatic rings. The molecule has 2 rings (SSSR count). The van der Waals surface area contributed by atoms with Gasteiger partial charge < -0.3 is 9.67 Å². The van der Waals surface area contributed by atoms with Crippen molar-refractivity contribution in [1.82, 2.24) is 9.55 Å². The van der Waals surface area contributed by atoms with Crippen LogP contribution in [0.5, 0.6) is 0 Å². The molecule has 0 unspecified atom stereocenters. The minimum Gasteiger partial charge on any atom is -0.477 e. The topological polar surface area (TPSA) is 72.2 Å². The highest BCUT2D eigenvalue weighted by molar-refractivity contribution is 5.87. The van der Waals surface area contributed by atoms with Gasteiger partial charge in [-0.05, 0) is 37.1 Å². The third kappa shape index (κ3) is 2.70. The third-order valence-electron chi connectivity index (χ3n) is 2.90. The Kier molecular flexibility index (Phi) is 3.46. The fraction of sp³-hybridized carbons (Fsp3) is 0.214. The van der Waals surface area contributed by atoms with Crippen LogP contribution in [0.1, 0.15) is 27.2 Å². The van der Waals surface area contributed by atoms with Crippen LogP contribution in [0.15, 0.2) is 35.4 Å². The molecule has 0 saturated heterocycles. The molecule has 2 aromatic rings. The number of pyridine rings is 2. The molecular weight excluding hydrogens is 244 g/mol. The number of nitrogens with zero attached hydrogens (tertiary/aromatic N) is 2. The fourth-order valence-electron chi connectivity index (χ4n) is 1.92. The molecule has 0 aliphatic carbocycles. The largest absolute Gasteiger partial charge is 0.477 e. The zero-order chi connectivity index (χ0) is 14.0. The molecule has 19 heavy (non-hydrogen) atoms. The van der Waals surface area contributed by atoms with Gasteiger partial charge in [-0.3, -0.25) is 9.78 Å². The van der Waals surface area contributed by atoms with Crippen molar-refractivity contribution in [3.8, 4) is 0 Å². The second kappa shape index (κ2) is 5.06. The molecule has 98 valence electrons. The predicted molar refractivity (Wildman–Crippen MR) is 70.5 cm³/mol. The summed E-state index contributed by atoms with van der Waals surface area (Å²) in [6.07, 6.45) is 3.40. The molecule has 1 N–H and O–H groups in total. The van der Waals surface area contributed by atoms with E-state index in [1.54, 1.807) is 25.4 Å². The lowest BCUT2D eigenvalue weighted by molar-refractivity contribution is 0.0694. The summed E-state index contributed by atoms with van der Waals surface area (Å²) < 4.78 is 1.44. The van der Waals surface area contributed by atoms with Gasteiger partial charge in [0.15, 0.2) is 0 Å². The first-order valence-electron chi connectivity index (χ1n) is 5.83. The van der Waals surface area contributed by atoms with Gasteiger partial charge in [0.1, 0.15) is 5.56 Å². The lowest BCUT2D eigenvalue weighted by Gasteiger charge is -2.11. The maximum Gasteiger partial charge on any atom is 0.341 e. The highest BCUT2D eigenvalue weighted by Crippen LogP contribution is 2.06. The summed E-state index contributed by atoms with van der Waals surface area (Å²) in [6.45, 7) is 4.01. The molecular formula is C14H14N2O3. The molecule has 0 amide bonds. The number of carboxylic acid groups (broad SMARTS) is 1. The minimum atomic E-state index is -1.21. The Morgan fingerprint density at radius 3 is 2.68 bits per heavy atom. The summed E-state index contributed by atoms with van der Waals surface area (Å²) in [6, 6.07) is 4.89. The second-order valence-corrected chi connectivity index (χ2v) is 4.46. The summed E-state index contributed by atoms with van der Waals surface area (Å²) in [7, 11) is 0. The van der Waals surface area contributed by atoms with Crippen molar-refractivity contribution in [2.24, 2.45) is 0 Å². The van der Waals surface area contributed by atoms with E-state index < -0.39 is 11.5 Å². The van der Waals surface area contributed by atoms with Crippen molar-refractivity contribution in [3.05, 3.63) is 63.3 Å². The number of aromatic carboxylic acids is 1. The number of hydrogen-bond donors (Lipinski definition) is 1. The van der Waals surface area contributed by atoms with E-state index in [0.29, 0.717) is 6.54 Å². The van der Waals surface area contributed by atoms with Gasteiger partial charge >= 0.3 is 5.97 Å². The molecule has 5 heteroatoms. The van der Waals surface area contributed by atoms with Crippen molar-refractivity contribution >= 4 is 5.97 Å². The van der Waals surface area contributed by atoms with Gasteiger partial charge in [-0.25, -0.2) is 4.79 Å². The first-order valence-corrected chi connectivity index (χ1v) is 5.83. The molecule has 0 saturated carbocycles. The van der Waals surface area contributed by atoms with Crippen LogP contribution in [-0.4, -0.2) is 20.6 Å². The van der Waals surface area contributed by atoms with Gasteiger partial charge in [-0.2, -0.15) is 0 Å². The highest BCUT2D eigenvalue weighted by atomic mass is 16.4. The Morgan fingerprint density at radius 1 is 1.32 bits per heavy atom. The molecule has 0 radical (unpaired) electrons. The van der Waals surface area contributed by atoms with Gasteiger partial charge in [-0.15, -0.1) is 0 Å². The Labute approximate surface area is 110 Å². The monoisotopic (exact) mass is 258 g/mol. The molecule has 0 aromatic carbocycles. The zero-order valence-electron chi connectivity index (χ0n) is 10.8. The highest BCUT2D eigenvalue weighted by Gasteiger charge is 2.12. The van der Waals surface area contributed by atoms with Crippen molar-refractivity contribution in [2.75, 3.05) is 0 Å². The van der Waals surface area contributed by atoms with Crippen molar-refractivity contribution in [1.29, 1.82) is 0 Å². The van der Waals surface area contributed by atoms with E-state index in [9.17, 15) is 9.59 Å².